The average Bonchev–Trinajstić information content (AvgIpc) is 3.00. The summed E-state index contributed by atoms with van der Waals surface area (Å²) in [4.78, 5) is 54.0. The lowest BCUT2D eigenvalue weighted by Crippen LogP contribution is -2.55. The van der Waals surface area contributed by atoms with Crippen molar-refractivity contribution in [2.24, 2.45) is 5.92 Å². The van der Waals surface area contributed by atoms with E-state index in [1.807, 2.05) is 4.90 Å². The Bertz CT molecular complexity index is 923. The van der Waals surface area contributed by atoms with Crippen molar-refractivity contribution >= 4 is 35.4 Å². The Morgan fingerprint density at radius 1 is 1.16 bits per heavy atom. The van der Waals surface area contributed by atoms with E-state index < -0.39 is 17.5 Å². The van der Waals surface area contributed by atoms with Crippen LogP contribution < -0.4 is 10.7 Å². The van der Waals surface area contributed by atoms with Crippen molar-refractivity contribution in [3.8, 4) is 0 Å². The monoisotopic (exact) mass is 461 g/mol. The lowest BCUT2D eigenvalue weighted by atomic mass is 9.77. The fourth-order valence-corrected chi connectivity index (χ4v) is 4.78. The highest BCUT2D eigenvalue weighted by atomic mass is 35.5. The van der Waals surface area contributed by atoms with Gasteiger partial charge < -0.3 is 10.2 Å². The van der Waals surface area contributed by atoms with E-state index >= 15 is 0 Å². The Kier molecular flexibility index (Phi) is 6.39. The van der Waals surface area contributed by atoms with E-state index in [1.165, 1.54) is 0 Å². The summed E-state index contributed by atoms with van der Waals surface area (Å²) in [5, 5.41) is 4.13. The molecule has 32 heavy (non-hydrogen) atoms. The third-order valence-corrected chi connectivity index (χ3v) is 6.86. The van der Waals surface area contributed by atoms with Gasteiger partial charge in [0.2, 0.25) is 0 Å². The van der Waals surface area contributed by atoms with Crippen LogP contribution in [0.5, 0.6) is 0 Å². The van der Waals surface area contributed by atoms with Crippen molar-refractivity contribution in [2.45, 2.75) is 38.1 Å². The van der Waals surface area contributed by atoms with E-state index in [9.17, 15) is 19.2 Å². The SMILES string of the molecule is CC1CCC2(CC1)NC(=O)N(NC(=O)CN1CCN(C(=O)c3cccc(Cl)c3)CC1)C2=O. The molecule has 3 aliphatic rings. The number of amides is 5. The van der Waals surface area contributed by atoms with Gasteiger partial charge in [-0.25, -0.2) is 4.79 Å². The maximum atomic E-state index is 12.9. The van der Waals surface area contributed by atoms with Gasteiger partial charge >= 0.3 is 6.03 Å². The van der Waals surface area contributed by atoms with Crippen LogP contribution >= 0.6 is 11.6 Å². The Balaban J connectivity index is 1.27. The standard InChI is InChI=1S/C22H28ClN5O4/c1-15-5-7-22(8-6-15)20(31)28(21(32)24-22)25-18(29)14-26-9-11-27(12-10-26)19(30)16-3-2-4-17(23)13-16/h2-4,13,15H,5-12,14H2,1H3,(H,24,32)(H,25,29). The zero-order valence-corrected chi connectivity index (χ0v) is 18.9. The topological polar surface area (TPSA) is 102 Å². The third kappa shape index (κ3) is 4.59. The minimum atomic E-state index is -0.886. The first kappa shape index (κ1) is 22.5. The summed E-state index contributed by atoms with van der Waals surface area (Å²) in [5.41, 5.74) is 2.12. The molecule has 2 aliphatic heterocycles. The van der Waals surface area contributed by atoms with E-state index in [0.717, 1.165) is 17.9 Å². The molecular weight excluding hydrogens is 434 g/mol. The predicted octanol–water partition coefficient (Wildman–Crippen LogP) is 1.63. The average molecular weight is 462 g/mol. The maximum Gasteiger partial charge on any atom is 0.344 e. The van der Waals surface area contributed by atoms with Crippen molar-refractivity contribution in [2.75, 3.05) is 32.7 Å². The molecule has 0 unspecified atom stereocenters. The molecule has 1 spiro atoms. The molecule has 1 aromatic rings. The largest absolute Gasteiger partial charge is 0.344 e. The van der Waals surface area contributed by atoms with Gasteiger partial charge in [-0.05, 0) is 49.8 Å². The minimum absolute atomic E-state index is 0.0420. The molecule has 2 N–H and O–H groups in total. The van der Waals surface area contributed by atoms with Crippen molar-refractivity contribution < 1.29 is 19.2 Å². The van der Waals surface area contributed by atoms with Crippen LogP contribution in [0.1, 0.15) is 43.0 Å². The van der Waals surface area contributed by atoms with Gasteiger partial charge in [-0.2, -0.15) is 5.01 Å². The Morgan fingerprint density at radius 2 is 1.84 bits per heavy atom. The van der Waals surface area contributed by atoms with Gasteiger partial charge in [0, 0.05) is 36.8 Å². The van der Waals surface area contributed by atoms with Crippen molar-refractivity contribution in [1.29, 1.82) is 0 Å². The number of imide groups is 1. The van der Waals surface area contributed by atoms with Gasteiger partial charge in [0.05, 0.1) is 6.54 Å². The second-order valence-corrected chi connectivity index (χ2v) is 9.39. The normalized spacial score (nSPS) is 26.4. The summed E-state index contributed by atoms with van der Waals surface area (Å²) < 4.78 is 0. The number of urea groups is 1. The maximum absolute atomic E-state index is 12.9. The fraction of sp³-hybridized carbons (Fsp3) is 0.545. The molecule has 2 saturated heterocycles. The summed E-state index contributed by atoms with van der Waals surface area (Å²) in [5.74, 6) is -0.370. The first-order valence-electron chi connectivity index (χ1n) is 11.0. The first-order chi connectivity index (χ1) is 15.3. The highest BCUT2D eigenvalue weighted by Crippen LogP contribution is 2.35. The molecule has 0 radical (unpaired) electrons. The molecule has 0 aromatic heterocycles. The van der Waals surface area contributed by atoms with Crippen LogP contribution in [0.15, 0.2) is 24.3 Å². The summed E-state index contributed by atoms with van der Waals surface area (Å²) in [7, 11) is 0. The molecule has 5 amide bonds. The number of hydrogen-bond donors (Lipinski definition) is 2. The number of nitrogens with one attached hydrogen (secondary N) is 2. The van der Waals surface area contributed by atoms with Crippen LogP contribution in [0.2, 0.25) is 5.02 Å². The molecule has 0 bridgehead atoms. The second-order valence-electron chi connectivity index (χ2n) is 8.95. The van der Waals surface area contributed by atoms with Crippen LogP contribution in [-0.2, 0) is 9.59 Å². The molecule has 172 valence electrons. The predicted molar refractivity (Wildman–Crippen MR) is 118 cm³/mol. The first-order valence-corrected chi connectivity index (χ1v) is 11.4. The summed E-state index contributed by atoms with van der Waals surface area (Å²) >= 11 is 5.97. The highest BCUT2D eigenvalue weighted by molar-refractivity contribution is 6.30. The quantitative estimate of drug-likeness (QED) is 0.663. The zero-order valence-electron chi connectivity index (χ0n) is 18.1. The van der Waals surface area contributed by atoms with Crippen LogP contribution in [0.25, 0.3) is 0 Å². The Hall–Kier alpha value is -2.65. The van der Waals surface area contributed by atoms with Gasteiger partial charge in [0.15, 0.2) is 0 Å². The van der Waals surface area contributed by atoms with Crippen molar-refractivity contribution in [3.63, 3.8) is 0 Å². The molecular formula is C22H28ClN5O4. The molecule has 1 saturated carbocycles. The number of piperazine rings is 1. The third-order valence-electron chi connectivity index (χ3n) is 6.62. The van der Waals surface area contributed by atoms with E-state index in [-0.39, 0.29) is 18.4 Å². The second kappa shape index (κ2) is 9.07. The molecule has 10 heteroatoms. The molecule has 1 aliphatic carbocycles. The van der Waals surface area contributed by atoms with Gasteiger partial charge in [0.25, 0.3) is 17.7 Å². The lowest BCUT2D eigenvalue weighted by molar-refractivity contribution is -0.140. The van der Waals surface area contributed by atoms with Crippen LogP contribution in [0.4, 0.5) is 4.79 Å². The van der Waals surface area contributed by atoms with Gasteiger partial charge in [-0.15, -0.1) is 0 Å². The minimum Gasteiger partial charge on any atom is -0.336 e. The van der Waals surface area contributed by atoms with E-state index in [1.54, 1.807) is 29.2 Å². The number of carbonyl (C=O) groups is 4. The zero-order chi connectivity index (χ0) is 22.9. The van der Waals surface area contributed by atoms with Crippen LogP contribution in [0.3, 0.4) is 0 Å². The number of halogens is 1. The number of carbonyl (C=O) groups excluding carboxylic acids is 4. The Morgan fingerprint density at radius 3 is 2.50 bits per heavy atom. The molecule has 0 atom stereocenters. The van der Waals surface area contributed by atoms with Gasteiger partial charge in [-0.1, -0.05) is 24.6 Å². The lowest BCUT2D eigenvalue weighted by Gasteiger charge is -2.34. The molecule has 4 rings (SSSR count). The molecule has 9 nitrogen and oxygen atoms in total. The highest BCUT2D eigenvalue weighted by Gasteiger charge is 2.52. The van der Waals surface area contributed by atoms with Crippen molar-refractivity contribution in [1.82, 2.24) is 25.6 Å². The van der Waals surface area contributed by atoms with E-state index in [0.29, 0.717) is 55.5 Å². The van der Waals surface area contributed by atoms with Crippen LogP contribution in [-0.4, -0.2) is 76.8 Å². The van der Waals surface area contributed by atoms with Crippen molar-refractivity contribution in [3.05, 3.63) is 34.9 Å². The molecule has 1 aromatic carbocycles. The fourth-order valence-electron chi connectivity index (χ4n) is 4.59. The van der Waals surface area contributed by atoms with Gasteiger partial charge in [0.1, 0.15) is 5.54 Å². The van der Waals surface area contributed by atoms with E-state index in [4.69, 9.17) is 11.6 Å². The summed E-state index contributed by atoms with van der Waals surface area (Å²) in [6, 6.07) is 6.25. The van der Waals surface area contributed by atoms with Crippen LogP contribution in [0, 0.1) is 5.92 Å². The molecule has 2 heterocycles. The Labute approximate surface area is 192 Å². The van der Waals surface area contributed by atoms with E-state index in [2.05, 4.69) is 17.7 Å². The number of nitrogens with zero attached hydrogens (tertiary/aromatic N) is 3. The number of rotatable bonds is 4. The summed E-state index contributed by atoms with van der Waals surface area (Å²) in [6.45, 7) is 4.16. The summed E-state index contributed by atoms with van der Waals surface area (Å²) in [6.07, 6.45) is 2.92. The smallest absolute Gasteiger partial charge is 0.336 e. The van der Waals surface area contributed by atoms with Gasteiger partial charge in [-0.3, -0.25) is 24.7 Å². The molecule has 3 fully saturated rings. The number of hydrazine groups is 1. The number of hydrogen-bond acceptors (Lipinski definition) is 5. The number of benzene rings is 1.